The number of benzene rings is 2. The summed E-state index contributed by atoms with van der Waals surface area (Å²) in [4.78, 5) is 14.6. The van der Waals surface area contributed by atoms with Crippen molar-refractivity contribution in [2.75, 3.05) is 18.1 Å². The molecule has 5 heteroatoms. The highest BCUT2D eigenvalue weighted by atomic mass is 16.5. The van der Waals surface area contributed by atoms with Gasteiger partial charge in [0.1, 0.15) is 11.8 Å². The molecule has 1 fully saturated rings. The Balaban J connectivity index is 1.61. The SMILES string of the molecule is Cc1ccc(N2CC[C@@H](N[C@@H](C)c3ccc(OCC#N)cc3)C2=O)cc1. The van der Waals surface area contributed by atoms with E-state index < -0.39 is 0 Å². The first-order valence-electron chi connectivity index (χ1n) is 8.82. The van der Waals surface area contributed by atoms with E-state index in [4.69, 9.17) is 10.00 Å². The highest BCUT2D eigenvalue weighted by Crippen LogP contribution is 2.24. The number of amides is 1. The van der Waals surface area contributed by atoms with Gasteiger partial charge in [-0.05, 0) is 50.1 Å². The summed E-state index contributed by atoms with van der Waals surface area (Å²) in [6.07, 6.45) is 0.792. The van der Waals surface area contributed by atoms with Crippen LogP contribution in [0.2, 0.25) is 0 Å². The second kappa shape index (κ2) is 8.03. The van der Waals surface area contributed by atoms with Crippen LogP contribution >= 0.6 is 0 Å². The Bertz CT molecular complexity index is 794. The Morgan fingerprint density at radius 1 is 1.23 bits per heavy atom. The third kappa shape index (κ3) is 4.04. The molecule has 1 heterocycles. The maximum atomic E-state index is 12.7. The van der Waals surface area contributed by atoms with E-state index in [9.17, 15) is 4.79 Å². The van der Waals surface area contributed by atoms with Crippen LogP contribution in [0.25, 0.3) is 0 Å². The minimum absolute atomic E-state index is 0.0402. The van der Waals surface area contributed by atoms with E-state index in [-0.39, 0.29) is 24.6 Å². The van der Waals surface area contributed by atoms with E-state index in [2.05, 4.69) is 5.32 Å². The maximum absolute atomic E-state index is 12.7. The number of rotatable bonds is 6. The van der Waals surface area contributed by atoms with Crippen LogP contribution < -0.4 is 15.0 Å². The molecular weight excluding hydrogens is 326 g/mol. The first-order valence-corrected chi connectivity index (χ1v) is 8.82. The smallest absolute Gasteiger partial charge is 0.244 e. The zero-order valence-corrected chi connectivity index (χ0v) is 15.1. The number of nitrogens with zero attached hydrogens (tertiary/aromatic N) is 2. The Labute approximate surface area is 154 Å². The molecular formula is C21H23N3O2. The average molecular weight is 349 g/mol. The molecule has 0 radical (unpaired) electrons. The van der Waals surface area contributed by atoms with Gasteiger partial charge in [-0.15, -0.1) is 0 Å². The third-order valence-electron chi connectivity index (χ3n) is 4.69. The zero-order chi connectivity index (χ0) is 18.5. The number of aryl methyl sites for hydroxylation is 1. The molecule has 1 amide bonds. The molecule has 0 bridgehead atoms. The van der Waals surface area contributed by atoms with Crippen LogP contribution in [0.1, 0.15) is 30.5 Å². The topological polar surface area (TPSA) is 65.4 Å². The van der Waals surface area contributed by atoms with Crippen molar-refractivity contribution in [1.82, 2.24) is 5.32 Å². The number of nitriles is 1. The minimum Gasteiger partial charge on any atom is -0.479 e. The molecule has 5 nitrogen and oxygen atoms in total. The molecule has 0 saturated carbocycles. The van der Waals surface area contributed by atoms with Gasteiger partial charge in [0, 0.05) is 18.3 Å². The van der Waals surface area contributed by atoms with Crippen LogP contribution in [0.3, 0.4) is 0 Å². The first kappa shape index (κ1) is 18.0. The minimum atomic E-state index is -0.180. The first-order chi connectivity index (χ1) is 12.6. The molecule has 0 aromatic heterocycles. The summed E-state index contributed by atoms with van der Waals surface area (Å²) in [7, 11) is 0. The van der Waals surface area contributed by atoms with Crippen LogP contribution in [0, 0.1) is 18.3 Å². The lowest BCUT2D eigenvalue weighted by Gasteiger charge is -2.21. The second-order valence-corrected chi connectivity index (χ2v) is 6.57. The Morgan fingerprint density at radius 2 is 1.92 bits per heavy atom. The molecule has 2 aromatic rings. The molecule has 2 atom stereocenters. The summed E-state index contributed by atoms with van der Waals surface area (Å²) in [6.45, 7) is 4.86. The molecule has 3 rings (SSSR count). The van der Waals surface area contributed by atoms with E-state index in [1.165, 1.54) is 5.56 Å². The Hall–Kier alpha value is -2.84. The number of carbonyl (C=O) groups excluding carboxylic acids is 1. The summed E-state index contributed by atoms with van der Waals surface area (Å²) >= 11 is 0. The van der Waals surface area contributed by atoms with Crippen molar-refractivity contribution in [3.05, 3.63) is 59.7 Å². The fraction of sp³-hybridized carbons (Fsp3) is 0.333. The van der Waals surface area contributed by atoms with Crippen molar-refractivity contribution < 1.29 is 9.53 Å². The maximum Gasteiger partial charge on any atom is 0.244 e. The molecule has 26 heavy (non-hydrogen) atoms. The fourth-order valence-corrected chi connectivity index (χ4v) is 3.18. The molecule has 0 spiro atoms. The van der Waals surface area contributed by atoms with Gasteiger partial charge in [0.2, 0.25) is 5.91 Å². The van der Waals surface area contributed by atoms with Gasteiger partial charge in [-0.2, -0.15) is 5.26 Å². The van der Waals surface area contributed by atoms with Crippen molar-refractivity contribution in [1.29, 1.82) is 5.26 Å². The summed E-state index contributed by atoms with van der Waals surface area (Å²) in [5.41, 5.74) is 3.22. The van der Waals surface area contributed by atoms with Crippen LogP contribution in [-0.4, -0.2) is 25.1 Å². The van der Waals surface area contributed by atoms with Gasteiger partial charge in [-0.1, -0.05) is 29.8 Å². The van der Waals surface area contributed by atoms with Crippen molar-refractivity contribution in [2.45, 2.75) is 32.4 Å². The molecule has 1 aliphatic heterocycles. The number of ether oxygens (including phenoxy) is 1. The highest BCUT2D eigenvalue weighted by molar-refractivity contribution is 5.99. The van der Waals surface area contributed by atoms with Crippen molar-refractivity contribution >= 4 is 11.6 Å². The summed E-state index contributed by atoms with van der Waals surface area (Å²) in [5.74, 6) is 0.791. The molecule has 1 aliphatic rings. The van der Waals surface area contributed by atoms with Crippen LogP contribution in [0.5, 0.6) is 5.75 Å². The predicted octanol–water partition coefficient (Wildman–Crippen LogP) is 3.35. The molecule has 0 unspecified atom stereocenters. The van der Waals surface area contributed by atoms with Gasteiger partial charge >= 0.3 is 0 Å². The fourth-order valence-electron chi connectivity index (χ4n) is 3.18. The number of hydrogen-bond acceptors (Lipinski definition) is 4. The summed E-state index contributed by atoms with van der Waals surface area (Å²) in [6, 6.07) is 17.5. The monoisotopic (exact) mass is 349 g/mol. The number of nitrogens with one attached hydrogen (secondary N) is 1. The highest BCUT2D eigenvalue weighted by Gasteiger charge is 2.33. The summed E-state index contributed by atoms with van der Waals surface area (Å²) < 4.78 is 5.27. The van der Waals surface area contributed by atoms with Gasteiger partial charge in [0.05, 0.1) is 6.04 Å². The van der Waals surface area contributed by atoms with E-state index in [0.29, 0.717) is 5.75 Å². The van der Waals surface area contributed by atoms with Gasteiger partial charge < -0.3 is 9.64 Å². The van der Waals surface area contributed by atoms with Gasteiger partial charge in [0.15, 0.2) is 6.61 Å². The Kier molecular flexibility index (Phi) is 5.55. The lowest BCUT2D eigenvalue weighted by molar-refractivity contribution is -0.119. The van der Waals surface area contributed by atoms with Gasteiger partial charge in [-0.3, -0.25) is 10.1 Å². The molecule has 0 aliphatic carbocycles. The number of anilines is 1. The number of hydrogen-bond donors (Lipinski definition) is 1. The Morgan fingerprint density at radius 3 is 2.58 bits per heavy atom. The molecule has 1 N–H and O–H groups in total. The van der Waals surface area contributed by atoms with E-state index in [1.807, 2.05) is 73.3 Å². The zero-order valence-electron chi connectivity index (χ0n) is 15.1. The van der Waals surface area contributed by atoms with Crippen LogP contribution in [-0.2, 0) is 4.79 Å². The quantitative estimate of drug-likeness (QED) is 0.868. The second-order valence-electron chi connectivity index (χ2n) is 6.57. The standard InChI is InChI=1S/C21H23N3O2/c1-15-3-7-18(8-4-15)24-13-11-20(21(24)25)23-16(2)17-5-9-19(10-6-17)26-14-12-22/h3-10,16,20,23H,11,13-14H2,1-2H3/t16-,20+/m0/s1. The van der Waals surface area contributed by atoms with Crippen molar-refractivity contribution in [2.24, 2.45) is 0 Å². The lowest BCUT2D eigenvalue weighted by atomic mass is 10.1. The normalized spacial score (nSPS) is 17.8. The average Bonchev–Trinajstić information content (AvgIpc) is 3.01. The lowest BCUT2D eigenvalue weighted by Crippen LogP contribution is -2.39. The van der Waals surface area contributed by atoms with Gasteiger partial charge in [0.25, 0.3) is 0 Å². The number of carbonyl (C=O) groups is 1. The largest absolute Gasteiger partial charge is 0.479 e. The van der Waals surface area contributed by atoms with E-state index in [0.717, 1.165) is 24.2 Å². The third-order valence-corrected chi connectivity index (χ3v) is 4.69. The van der Waals surface area contributed by atoms with Gasteiger partial charge in [-0.25, -0.2) is 0 Å². The van der Waals surface area contributed by atoms with E-state index >= 15 is 0 Å². The van der Waals surface area contributed by atoms with Crippen LogP contribution in [0.4, 0.5) is 5.69 Å². The van der Waals surface area contributed by atoms with E-state index in [1.54, 1.807) is 0 Å². The molecule has 2 aromatic carbocycles. The molecule has 134 valence electrons. The van der Waals surface area contributed by atoms with Crippen LogP contribution in [0.15, 0.2) is 48.5 Å². The summed E-state index contributed by atoms with van der Waals surface area (Å²) in [5, 5.41) is 12.0. The van der Waals surface area contributed by atoms with Crippen molar-refractivity contribution in [3.63, 3.8) is 0 Å². The molecule has 1 saturated heterocycles. The predicted molar refractivity (Wildman–Crippen MR) is 101 cm³/mol. The van der Waals surface area contributed by atoms with Crippen molar-refractivity contribution in [3.8, 4) is 11.8 Å².